The molecule has 3 nitrogen and oxygen atoms in total. The molecule has 0 aliphatic rings. The van der Waals surface area contributed by atoms with Crippen LogP contribution in [0.3, 0.4) is 0 Å². The molecule has 0 rings (SSSR count). The van der Waals surface area contributed by atoms with Gasteiger partial charge in [0, 0.05) is 14.1 Å². The van der Waals surface area contributed by atoms with Gasteiger partial charge in [-0.3, -0.25) is 4.79 Å². The zero-order valence-corrected chi connectivity index (χ0v) is 11.0. The van der Waals surface area contributed by atoms with Crippen LogP contribution in [0.5, 0.6) is 0 Å². The monoisotopic (exact) mass is 227 g/mol. The molecule has 0 aromatic heterocycles. The number of amides is 1. The lowest BCUT2D eigenvalue weighted by atomic mass is 9.91. The Morgan fingerprint density at radius 2 is 2.07 bits per heavy atom. The number of carbonyl (C=O) groups excluding carboxylic acids is 1. The molecule has 0 fully saturated rings. The van der Waals surface area contributed by atoms with Crippen LogP contribution in [-0.4, -0.2) is 45.7 Å². The van der Waals surface area contributed by atoms with E-state index in [0.29, 0.717) is 6.61 Å². The quantitative estimate of drug-likeness (QED) is 0.407. The van der Waals surface area contributed by atoms with Gasteiger partial charge in [-0.15, -0.1) is 0 Å². The summed E-state index contributed by atoms with van der Waals surface area (Å²) in [4.78, 5) is 13.3. The van der Waals surface area contributed by atoms with Crippen LogP contribution in [0.25, 0.3) is 0 Å². The van der Waals surface area contributed by atoms with Crippen molar-refractivity contribution in [1.82, 2.24) is 4.90 Å². The molecule has 0 saturated heterocycles. The van der Waals surface area contributed by atoms with E-state index in [0.717, 1.165) is 0 Å². The van der Waals surface area contributed by atoms with Crippen molar-refractivity contribution < 1.29 is 9.32 Å². The normalized spacial score (nSPS) is 14.2. The van der Waals surface area contributed by atoms with Gasteiger partial charge in [-0.1, -0.05) is 12.2 Å². The number of rotatable bonds is 5. The summed E-state index contributed by atoms with van der Waals surface area (Å²) in [7, 11) is 8.16. The van der Waals surface area contributed by atoms with E-state index < -0.39 is 13.4 Å². The van der Waals surface area contributed by atoms with Crippen molar-refractivity contribution in [1.29, 1.82) is 0 Å². The van der Waals surface area contributed by atoms with Crippen molar-refractivity contribution in [3.63, 3.8) is 0 Å². The molecule has 1 unspecified atom stereocenters. The zero-order valence-electron chi connectivity index (χ0n) is 10.2. The van der Waals surface area contributed by atoms with Crippen molar-refractivity contribution in [3.8, 4) is 0 Å². The maximum atomic E-state index is 11.7. The molecule has 0 aromatic carbocycles. The molecule has 0 N–H and O–H groups in total. The highest BCUT2D eigenvalue weighted by molar-refractivity contribution is 7.77. The Hall–Kier alpha value is -0.335. The minimum atomic E-state index is -0.822. The molecule has 0 aliphatic carbocycles. The van der Waals surface area contributed by atoms with E-state index in [1.807, 2.05) is 32.7 Å². The maximum absolute atomic E-state index is 11.7. The lowest BCUT2D eigenvalue weighted by Crippen LogP contribution is -2.34. The molecule has 0 heterocycles. The lowest BCUT2D eigenvalue weighted by Gasteiger charge is -2.23. The average Bonchev–Trinajstić information content (AvgIpc) is 2.10. The van der Waals surface area contributed by atoms with Gasteiger partial charge < -0.3 is 9.42 Å². The first-order chi connectivity index (χ1) is 6.77. The van der Waals surface area contributed by atoms with Crippen LogP contribution in [0.15, 0.2) is 12.2 Å². The summed E-state index contributed by atoms with van der Waals surface area (Å²) in [5.74, 6) is 0.0743. The van der Waals surface area contributed by atoms with Gasteiger partial charge >= 0.3 is 0 Å². The van der Waals surface area contributed by atoms with Gasteiger partial charge in [0.25, 0.3) is 0 Å². The third-order valence-corrected chi connectivity index (χ3v) is 2.42. The van der Waals surface area contributed by atoms with Crippen LogP contribution in [-0.2, 0) is 9.32 Å². The lowest BCUT2D eigenvalue weighted by molar-refractivity contribution is -0.135. The van der Waals surface area contributed by atoms with Crippen LogP contribution in [0.2, 0.25) is 0 Å². The minimum Gasteiger partial charge on any atom is -0.367 e. The largest absolute Gasteiger partial charge is 0.367 e. The minimum absolute atomic E-state index is 0.0743. The SMILES string of the molecule is [B]P(C)OC/C=C/C(C)(C)C(=O)N(C)C. The molecular formula is C10H19BNO2P. The van der Waals surface area contributed by atoms with Gasteiger partial charge in [0.05, 0.1) is 12.0 Å². The van der Waals surface area contributed by atoms with E-state index in [2.05, 4.69) is 0 Å². The van der Waals surface area contributed by atoms with Crippen LogP contribution < -0.4 is 0 Å². The number of hydrogen-bond acceptors (Lipinski definition) is 2. The fourth-order valence-electron chi connectivity index (χ4n) is 1.15. The van der Waals surface area contributed by atoms with Gasteiger partial charge in [0.1, 0.15) is 7.57 Å². The van der Waals surface area contributed by atoms with Crippen LogP contribution in [0.4, 0.5) is 0 Å². The van der Waals surface area contributed by atoms with Crippen molar-refractivity contribution in [3.05, 3.63) is 12.2 Å². The van der Waals surface area contributed by atoms with Gasteiger partial charge in [0.15, 0.2) is 0 Å². The molecule has 1 atom stereocenters. The highest BCUT2D eigenvalue weighted by Crippen LogP contribution is 2.24. The van der Waals surface area contributed by atoms with E-state index >= 15 is 0 Å². The van der Waals surface area contributed by atoms with E-state index in [1.165, 1.54) is 0 Å². The van der Waals surface area contributed by atoms with E-state index in [-0.39, 0.29) is 5.91 Å². The zero-order chi connectivity index (χ0) is 12.1. The highest BCUT2D eigenvalue weighted by Gasteiger charge is 2.25. The summed E-state index contributed by atoms with van der Waals surface area (Å²) in [5, 5.41) is 0. The number of hydrogen-bond donors (Lipinski definition) is 0. The summed E-state index contributed by atoms with van der Waals surface area (Å²) < 4.78 is 5.21. The first kappa shape index (κ1) is 14.7. The van der Waals surface area contributed by atoms with E-state index in [1.54, 1.807) is 19.0 Å². The maximum Gasteiger partial charge on any atom is 0.231 e. The van der Waals surface area contributed by atoms with Crippen molar-refractivity contribution in [2.75, 3.05) is 27.4 Å². The third-order valence-electron chi connectivity index (χ3n) is 1.87. The molecule has 0 spiro atoms. The smallest absolute Gasteiger partial charge is 0.231 e. The summed E-state index contributed by atoms with van der Waals surface area (Å²) in [5.41, 5.74) is -0.488. The average molecular weight is 227 g/mol. The Bertz CT molecular complexity index is 240. The van der Waals surface area contributed by atoms with Gasteiger partial charge in [-0.2, -0.15) is 0 Å². The van der Waals surface area contributed by atoms with Crippen molar-refractivity contribution >= 4 is 21.5 Å². The van der Waals surface area contributed by atoms with Crippen LogP contribution in [0, 0.1) is 5.41 Å². The number of carbonyl (C=O) groups is 1. The Balaban J connectivity index is 4.19. The van der Waals surface area contributed by atoms with Crippen LogP contribution in [0.1, 0.15) is 13.8 Å². The third kappa shape index (κ3) is 5.96. The van der Waals surface area contributed by atoms with Crippen LogP contribution >= 0.6 is 8.03 Å². The molecule has 0 bridgehead atoms. The topological polar surface area (TPSA) is 29.5 Å². The highest BCUT2D eigenvalue weighted by atomic mass is 31.1. The van der Waals surface area contributed by atoms with E-state index in [4.69, 9.17) is 12.1 Å². The Morgan fingerprint density at radius 3 is 2.47 bits per heavy atom. The van der Waals surface area contributed by atoms with Crippen molar-refractivity contribution in [2.45, 2.75) is 13.8 Å². The molecule has 84 valence electrons. The van der Waals surface area contributed by atoms with E-state index in [9.17, 15) is 4.79 Å². The molecule has 0 aromatic rings. The summed E-state index contributed by atoms with van der Waals surface area (Å²) in [6.45, 7) is 6.05. The predicted molar refractivity (Wildman–Crippen MR) is 66.2 cm³/mol. The second kappa shape index (κ2) is 6.29. The Labute approximate surface area is 95.1 Å². The Morgan fingerprint density at radius 1 is 1.53 bits per heavy atom. The molecule has 5 heteroatoms. The predicted octanol–water partition coefficient (Wildman–Crippen LogP) is 1.78. The first-order valence-electron chi connectivity index (χ1n) is 4.78. The fraction of sp³-hybridized carbons (Fsp3) is 0.700. The fourth-order valence-corrected chi connectivity index (χ4v) is 1.47. The van der Waals surface area contributed by atoms with Crippen molar-refractivity contribution in [2.24, 2.45) is 5.41 Å². The standard InChI is InChI=1S/C10H19BNO2P/c1-10(2,9(13)12(3)4)7-6-8-14-15(5)11/h6-7H,8H2,1-5H3/b7-6+. The second-order valence-electron chi connectivity index (χ2n) is 4.17. The first-order valence-corrected chi connectivity index (χ1v) is 6.56. The molecule has 0 saturated carbocycles. The molecular weight excluding hydrogens is 208 g/mol. The Kier molecular flexibility index (Phi) is 6.15. The molecule has 2 radical (unpaired) electrons. The summed E-state index contributed by atoms with van der Waals surface area (Å²) in [6.07, 6.45) is 3.70. The molecule has 1 amide bonds. The second-order valence-corrected chi connectivity index (χ2v) is 5.52. The van der Waals surface area contributed by atoms with Gasteiger partial charge in [-0.25, -0.2) is 0 Å². The number of nitrogens with zero attached hydrogens (tertiary/aromatic N) is 1. The molecule has 15 heavy (non-hydrogen) atoms. The summed E-state index contributed by atoms with van der Waals surface area (Å²) in [6, 6.07) is 0. The summed E-state index contributed by atoms with van der Waals surface area (Å²) >= 11 is 0. The molecule has 0 aliphatic heterocycles. The van der Waals surface area contributed by atoms with Gasteiger partial charge in [-0.05, 0) is 28.5 Å². The van der Waals surface area contributed by atoms with Gasteiger partial charge in [0.2, 0.25) is 5.91 Å².